The molecule has 0 saturated carbocycles. The van der Waals surface area contributed by atoms with Crippen LogP contribution in [0.25, 0.3) is 0 Å². The zero-order chi connectivity index (χ0) is 11.2. The van der Waals surface area contributed by atoms with Crippen LogP contribution in [-0.2, 0) is 18.9 Å². The molecule has 0 radical (unpaired) electrons. The smallest absolute Gasteiger partial charge is 0.214 e. The molecule has 3 rings (SSSR count). The van der Waals surface area contributed by atoms with Crippen molar-refractivity contribution >= 4 is 0 Å². The van der Waals surface area contributed by atoms with E-state index >= 15 is 0 Å². The fourth-order valence-electron chi connectivity index (χ4n) is 3.33. The first-order valence-corrected chi connectivity index (χ1v) is 6.08. The van der Waals surface area contributed by atoms with Crippen molar-refractivity contribution in [1.29, 1.82) is 0 Å². The molecule has 1 saturated heterocycles. The van der Waals surface area contributed by atoms with Gasteiger partial charge in [0.2, 0.25) is 5.88 Å². The van der Waals surface area contributed by atoms with Gasteiger partial charge in [-0.15, -0.1) is 0 Å². The van der Waals surface area contributed by atoms with Gasteiger partial charge in [0.15, 0.2) is 0 Å². The number of piperidine rings is 1. The highest BCUT2D eigenvalue weighted by Gasteiger charge is 2.43. The molecule has 1 fully saturated rings. The Labute approximate surface area is 96.0 Å². The molecule has 2 heterocycles. The average Bonchev–Trinajstić information content (AvgIpc) is 2.79. The maximum absolute atomic E-state index is 5.45. The predicted molar refractivity (Wildman–Crippen MR) is 61.9 cm³/mol. The third kappa shape index (κ3) is 1.22. The topological polar surface area (TPSA) is 39.1 Å². The van der Waals surface area contributed by atoms with E-state index in [2.05, 4.69) is 5.32 Å². The fourth-order valence-corrected chi connectivity index (χ4v) is 3.33. The summed E-state index contributed by atoms with van der Waals surface area (Å²) in [5.41, 5.74) is 3.01. The molecule has 1 aliphatic carbocycles. The zero-order valence-corrected chi connectivity index (χ0v) is 10.0. The van der Waals surface area contributed by atoms with Gasteiger partial charge in [0.05, 0.1) is 12.8 Å². The van der Waals surface area contributed by atoms with Crippen molar-refractivity contribution in [2.24, 2.45) is 7.05 Å². The van der Waals surface area contributed by atoms with Gasteiger partial charge in [-0.05, 0) is 38.8 Å². The standard InChI is InChI=1S/C12H19N3O/c1-15-11(16-2)9-3-4-12(10(9)14-15)5-7-13-8-6-12/h13H,3-8H2,1-2H3. The van der Waals surface area contributed by atoms with Crippen molar-refractivity contribution in [2.75, 3.05) is 20.2 Å². The molecule has 0 bridgehead atoms. The normalized spacial score (nSPS) is 22.4. The number of rotatable bonds is 1. The number of fused-ring (bicyclic) bond motifs is 2. The summed E-state index contributed by atoms with van der Waals surface area (Å²) in [5.74, 6) is 0.963. The number of hydrogen-bond acceptors (Lipinski definition) is 3. The minimum Gasteiger partial charge on any atom is -0.481 e. The van der Waals surface area contributed by atoms with E-state index in [1.807, 2.05) is 11.7 Å². The number of nitrogens with one attached hydrogen (secondary N) is 1. The summed E-state index contributed by atoms with van der Waals surface area (Å²) in [6.07, 6.45) is 4.83. The first-order chi connectivity index (χ1) is 7.77. The molecular weight excluding hydrogens is 202 g/mol. The van der Waals surface area contributed by atoms with Crippen LogP contribution in [0.3, 0.4) is 0 Å². The van der Waals surface area contributed by atoms with E-state index in [9.17, 15) is 0 Å². The van der Waals surface area contributed by atoms with Gasteiger partial charge in [0.1, 0.15) is 0 Å². The molecule has 0 aromatic carbocycles. The van der Waals surface area contributed by atoms with E-state index < -0.39 is 0 Å². The lowest BCUT2D eigenvalue weighted by atomic mass is 9.77. The monoisotopic (exact) mass is 221 g/mol. The van der Waals surface area contributed by atoms with E-state index in [0.717, 1.165) is 25.4 Å². The van der Waals surface area contributed by atoms with Crippen LogP contribution in [0.1, 0.15) is 30.5 Å². The van der Waals surface area contributed by atoms with Gasteiger partial charge in [0.25, 0.3) is 0 Å². The van der Waals surface area contributed by atoms with Crippen molar-refractivity contribution in [3.05, 3.63) is 11.3 Å². The molecule has 4 nitrogen and oxygen atoms in total. The van der Waals surface area contributed by atoms with Crippen LogP contribution in [-0.4, -0.2) is 30.0 Å². The van der Waals surface area contributed by atoms with Crippen LogP contribution in [0.15, 0.2) is 0 Å². The zero-order valence-electron chi connectivity index (χ0n) is 10.0. The predicted octanol–water partition coefficient (Wildman–Crippen LogP) is 0.996. The van der Waals surface area contributed by atoms with Crippen LogP contribution in [0.2, 0.25) is 0 Å². The van der Waals surface area contributed by atoms with Gasteiger partial charge in [0, 0.05) is 18.0 Å². The van der Waals surface area contributed by atoms with Gasteiger partial charge >= 0.3 is 0 Å². The number of hydrogen-bond donors (Lipinski definition) is 1. The van der Waals surface area contributed by atoms with Crippen LogP contribution in [0.5, 0.6) is 5.88 Å². The second-order valence-electron chi connectivity index (χ2n) is 4.99. The van der Waals surface area contributed by atoms with Gasteiger partial charge in [-0.1, -0.05) is 0 Å². The Morgan fingerprint density at radius 1 is 1.31 bits per heavy atom. The average molecular weight is 221 g/mol. The molecule has 2 aliphatic rings. The Hall–Kier alpha value is -1.03. The highest BCUT2D eigenvalue weighted by Crippen LogP contribution is 2.47. The Bertz CT molecular complexity index is 405. The Kier molecular flexibility index (Phi) is 2.21. The van der Waals surface area contributed by atoms with Crippen LogP contribution >= 0.6 is 0 Å². The second-order valence-corrected chi connectivity index (χ2v) is 4.99. The van der Waals surface area contributed by atoms with E-state index in [4.69, 9.17) is 9.84 Å². The molecule has 0 unspecified atom stereocenters. The SMILES string of the molecule is COc1c2c(nn1C)C1(CCNCC1)CC2. The molecule has 1 aliphatic heterocycles. The summed E-state index contributed by atoms with van der Waals surface area (Å²) in [6.45, 7) is 2.25. The number of methoxy groups -OCH3 is 1. The number of aromatic nitrogens is 2. The van der Waals surface area contributed by atoms with E-state index in [0.29, 0.717) is 5.41 Å². The Morgan fingerprint density at radius 2 is 2.06 bits per heavy atom. The largest absolute Gasteiger partial charge is 0.481 e. The van der Waals surface area contributed by atoms with Gasteiger partial charge in [-0.2, -0.15) is 5.10 Å². The van der Waals surface area contributed by atoms with Gasteiger partial charge in [-0.25, -0.2) is 4.68 Å². The first kappa shape index (κ1) is 10.1. The van der Waals surface area contributed by atoms with E-state index in [-0.39, 0.29) is 0 Å². The van der Waals surface area contributed by atoms with Crippen molar-refractivity contribution < 1.29 is 4.74 Å². The van der Waals surface area contributed by atoms with Crippen LogP contribution < -0.4 is 10.1 Å². The third-order valence-electron chi connectivity index (χ3n) is 4.20. The van der Waals surface area contributed by atoms with Crippen molar-refractivity contribution in [1.82, 2.24) is 15.1 Å². The second kappa shape index (κ2) is 3.48. The van der Waals surface area contributed by atoms with Crippen LogP contribution in [0, 0.1) is 0 Å². The van der Waals surface area contributed by atoms with Crippen molar-refractivity contribution in [3.8, 4) is 5.88 Å². The molecule has 1 spiro atoms. The molecule has 0 amide bonds. The lowest BCUT2D eigenvalue weighted by Gasteiger charge is -2.33. The molecule has 16 heavy (non-hydrogen) atoms. The Morgan fingerprint density at radius 3 is 2.75 bits per heavy atom. The highest BCUT2D eigenvalue weighted by molar-refractivity contribution is 5.41. The summed E-state index contributed by atoms with van der Waals surface area (Å²) < 4.78 is 7.34. The number of nitrogens with zero attached hydrogens (tertiary/aromatic N) is 2. The molecular formula is C12H19N3O. The summed E-state index contributed by atoms with van der Waals surface area (Å²) in [5, 5.41) is 8.14. The van der Waals surface area contributed by atoms with Crippen LogP contribution in [0.4, 0.5) is 0 Å². The third-order valence-corrected chi connectivity index (χ3v) is 4.20. The minimum absolute atomic E-state index is 0.342. The quantitative estimate of drug-likeness (QED) is 0.769. The number of ether oxygens (including phenoxy) is 1. The molecule has 1 aromatic heterocycles. The maximum Gasteiger partial charge on any atom is 0.214 e. The molecule has 4 heteroatoms. The van der Waals surface area contributed by atoms with E-state index in [1.165, 1.54) is 30.5 Å². The lowest BCUT2D eigenvalue weighted by Crippen LogP contribution is -2.38. The van der Waals surface area contributed by atoms with Crippen molar-refractivity contribution in [3.63, 3.8) is 0 Å². The van der Waals surface area contributed by atoms with Gasteiger partial charge < -0.3 is 10.1 Å². The van der Waals surface area contributed by atoms with Crippen molar-refractivity contribution in [2.45, 2.75) is 31.1 Å². The minimum atomic E-state index is 0.342. The molecule has 1 N–H and O–H groups in total. The summed E-state index contributed by atoms with van der Waals surface area (Å²) in [6, 6.07) is 0. The van der Waals surface area contributed by atoms with E-state index in [1.54, 1.807) is 7.11 Å². The maximum atomic E-state index is 5.45. The Balaban J connectivity index is 2.04. The first-order valence-electron chi connectivity index (χ1n) is 6.08. The number of aryl methyl sites for hydroxylation is 1. The fraction of sp³-hybridized carbons (Fsp3) is 0.750. The molecule has 1 aromatic rings. The summed E-state index contributed by atoms with van der Waals surface area (Å²) >= 11 is 0. The lowest BCUT2D eigenvalue weighted by molar-refractivity contribution is 0.294. The summed E-state index contributed by atoms with van der Waals surface area (Å²) in [4.78, 5) is 0. The highest BCUT2D eigenvalue weighted by atomic mass is 16.5. The summed E-state index contributed by atoms with van der Waals surface area (Å²) in [7, 11) is 3.72. The molecule has 0 atom stereocenters. The van der Waals surface area contributed by atoms with Gasteiger partial charge in [-0.3, -0.25) is 0 Å². The molecule has 88 valence electrons.